The number of anilines is 2. The van der Waals surface area contributed by atoms with Crippen LogP contribution in [-0.2, 0) is 22.6 Å². The van der Waals surface area contributed by atoms with Crippen LogP contribution in [-0.4, -0.2) is 32.3 Å². The molecule has 0 aliphatic rings. The first-order chi connectivity index (χ1) is 14.9. The van der Waals surface area contributed by atoms with Crippen molar-refractivity contribution in [3.05, 3.63) is 63.9 Å². The van der Waals surface area contributed by atoms with E-state index in [1.54, 1.807) is 36.4 Å². The second-order valence-corrected chi connectivity index (χ2v) is 8.43. The molecule has 0 saturated heterocycles. The highest BCUT2D eigenvalue weighted by atomic mass is 35.5. The number of amides is 2. The van der Waals surface area contributed by atoms with Crippen LogP contribution >= 0.6 is 35.0 Å². The largest absolute Gasteiger partial charge is 0.325 e. The van der Waals surface area contributed by atoms with E-state index in [9.17, 15) is 9.59 Å². The highest BCUT2D eigenvalue weighted by molar-refractivity contribution is 7.99. The second kappa shape index (κ2) is 10.7. The molecule has 2 N–H and O–H groups in total. The molecule has 2 aromatic carbocycles. The number of hydrogen-bond acceptors (Lipinski definition) is 5. The Morgan fingerprint density at radius 2 is 1.77 bits per heavy atom. The van der Waals surface area contributed by atoms with Crippen molar-refractivity contribution in [1.82, 2.24) is 14.8 Å². The maximum atomic E-state index is 12.4. The molecule has 0 unspecified atom stereocenters. The van der Waals surface area contributed by atoms with Crippen molar-refractivity contribution in [2.75, 3.05) is 16.4 Å². The Morgan fingerprint density at radius 1 is 1.03 bits per heavy atom. The normalized spacial score (nSPS) is 10.7. The minimum absolute atomic E-state index is 0.0422. The summed E-state index contributed by atoms with van der Waals surface area (Å²) in [6.07, 6.45) is 0.0422. The van der Waals surface area contributed by atoms with E-state index < -0.39 is 0 Å². The van der Waals surface area contributed by atoms with E-state index in [0.29, 0.717) is 38.9 Å². The highest BCUT2D eigenvalue weighted by Crippen LogP contribution is 2.23. The van der Waals surface area contributed by atoms with Gasteiger partial charge in [0, 0.05) is 17.3 Å². The summed E-state index contributed by atoms with van der Waals surface area (Å²) < 4.78 is 1.81. The van der Waals surface area contributed by atoms with Gasteiger partial charge >= 0.3 is 0 Å². The fraction of sp³-hybridized carbons (Fsp3) is 0.238. The zero-order valence-electron chi connectivity index (χ0n) is 17.0. The summed E-state index contributed by atoms with van der Waals surface area (Å²) in [5, 5.41) is 15.5. The fourth-order valence-electron chi connectivity index (χ4n) is 2.82. The molecular formula is C21H21Cl2N5O2S. The van der Waals surface area contributed by atoms with E-state index in [1.807, 2.05) is 24.5 Å². The van der Waals surface area contributed by atoms with E-state index >= 15 is 0 Å². The molecule has 2 amide bonds. The van der Waals surface area contributed by atoms with Crippen molar-refractivity contribution in [3.8, 4) is 0 Å². The van der Waals surface area contributed by atoms with Gasteiger partial charge in [0.2, 0.25) is 11.8 Å². The van der Waals surface area contributed by atoms with Crippen molar-refractivity contribution in [3.63, 3.8) is 0 Å². The maximum Gasteiger partial charge on any atom is 0.234 e. The van der Waals surface area contributed by atoms with E-state index in [0.717, 1.165) is 5.56 Å². The number of aromatic nitrogens is 3. The Morgan fingerprint density at radius 3 is 2.52 bits per heavy atom. The molecule has 3 aromatic rings. The lowest BCUT2D eigenvalue weighted by molar-refractivity contribution is -0.116. The van der Waals surface area contributed by atoms with Crippen LogP contribution in [0.3, 0.4) is 0 Å². The number of nitrogens with one attached hydrogen (secondary N) is 2. The lowest BCUT2D eigenvalue weighted by Gasteiger charge is -2.10. The number of aryl methyl sites for hydroxylation is 1. The van der Waals surface area contributed by atoms with Gasteiger partial charge in [0.05, 0.1) is 22.9 Å². The van der Waals surface area contributed by atoms with Gasteiger partial charge in [0.1, 0.15) is 5.82 Å². The monoisotopic (exact) mass is 477 g/mol. The number of hydrogen-bond donors (Lipinski definition) is 2. The molecule has 0 aliphatic heterocycles. The third kappa shape index (κ3) is 6.22. The molecule has 0 radical (unpaired) electrons. The van der Waals surface area contributed by atoms with Crippen molar-refractivity contribution < 1.29 is 9.59 Å². The number of rotatable bonds is 8. The Balaban J connectivity index is 1.60. The molecule has 31 heavy (non-hydrogen) atoms. The van der Waals surface area contributed by atoms with E-state index in [1.165, 1.54) is 11.8 Å². The number of nitrogens with zero attached hydrogens (tertiary/aromatic N) is 3. The molecular weight excluding hydrogens is 457 g/mol. The van der Waals surface area contributed by atoms with Gasteiger partial charge in [-0.2, -0.15) is 0 Å². The van der Waals surface area contributed by atoms with Crippen molar-refractivity contribution in [1.29, 1.82) is 0 Å². The molecule has 10 heteroatoms. The van der Waals surface area contributed by atoms with E-state index in [-0.39, 0.29) is 24.0 Å². The topological polar surface area (TPSA) is 88.9 Å². The van der Waals surface area contributed by atoms with Crippen LogP contribution in [0.4, 0.5) is 11.4 Å². The fourth-order valence-corrected chi connectivity index (χ4v) is 4.00. The highest BCUT2D eigenvalue weighted by Gasteiger charge is 2.17. The maximum absolute atomic E-state index is 12.4. The smallest absolute Gasteiger partial charge is 0.234 e. The quantitative estimate of drug-likeness (QED) is 0.453. The second-order valence-electron chi connectivity index (χ2n) is 6.64. The standard InChI is InChI=1S/C21H21Cl2N5O2S/c1-3-28-18(11-19(29)24-16-7-5-4-6-15(16)23)26-27-21(28)31-12-20(30)25-17-10-14(22)9-8-13(17)2/h4-10H,3,11-12H2,1-2H3,(H,24,29)(H,25,30). The molecule has 1 aromatic heterocycles. The predicted molar refractivity (Wildman–Crippen MR) is 125 cm³/mol. The van der Waals surface area contributed by atoms with Crippen LogP contribution in [0.25, 0.3) is 0 Å². The zero-order valence-corrected chi connectivity index (χ0v) is 19.3. The minimum atomic E-state index is -0.249. The molecule has 0 bridgehead atoms. The van der Waals surface area contributed by atoms with Crippen LogP contribution in [0.15, 0.2) is 47.6 Å². The van der Waals surface area contributed by atoms with Crippen LogP contribution in [0, 0.1) is 6.92 Å². The van der Waals surface area contributed by atoms with Crippen molar-refractivity contribution >= 4 is 58.2 Å². The van der Waals surface area contributed by atoms with Gasteiger partial charge in [0.25, 0.3) is 0 Å². The molecule has 3 rings (SSSR count). The minimum Gasteiger partial charge on any atom is -0.325 e. The summed E-state index contributed by atoms with van der Waals surface area (Å²) in [5.74, 6) is 0.233. The summed E-state index contributed by atoms with van der Waals surface area (Å²) >= 11 is 13.3. The Labute approximate surface area is 194 Å². The van der Waals surface area contributed by atoms with Crippen LogP contribution in [0.1, 0.15) is 18.3 Å². The predicted octanol–water partition coefficient (Wildman–Crippen LogP) is 4.83. The third-order valence-corrected chi connectivity index (χ3v) is 5.91. The van der Waals surface area contributed by atoms with Crippen molar-refractivity contribution in [2.45, 2.75) is 32.0 Å². The third-order valence-electron chi connectivity index (χ3n) is 4.38. The summed E-state index contributed by atoms with van der Waals surface area (Å²) in [6, 6.07) is 12.3. The van der Waals surface area contributed by atoms with Gasteiger partial charge in [0.15, 0.2) is 5.16 Å². The Hall–Kier alpha value is -2.55. The number of para-hydroxylation sites is 1. The first-order valence-electron chi connectivity index (χ1n) is 9.52. The van der Waals surface area contributed by atoms with Gasteiger partial charge in [-0.15, -0.1) is 10.2 Å². The van der Waals surface area contributed by atoms with Gasteiger partial charge in [-0.05, 0) is 43.7 Å². The average Bonchev–Trinajstić information content (AvgIpc) is 3.12. The number of benzene rings is 2. The number of thioether (sulfide) groups is 1. The van der Waals surface area contributed by atoms with Crippen LogP contribution in [0.5, 0.6) is 0 Å². The summed E-state index contributed by atoms with van der Waals surface area (Å²) in [7, 11) is 0. The number of halogens is 2. The average molecular weight is 478 g/mol. The number of carbonyl (C=O) groups excluding carboxylic acids is 2. The lowest BCUT2D eigenvalue weighted by Crippen LogP contribution is -2.18. The van der Waals surface area contributed by atoms with Gasteiger partial charge in [-0.3, -0.25) is 9.59 Å². The van der Waals surface area contributed by atoms with Crippen molar-refractivity contribution in [2.24, 2.45) is 0 Å². The van der Waals surface area contributed by atoms with Gasteiger partial charge in [-0.25, -0.2) is 0 Å². The van der Waals surface area contributed by atoms with E-state index in [2.05, 4.69) is 20.8 Å². The summed E-state index contributed by atoms with van der Waals surface area (Å²) in [6.45, 7) is 4.39. The SMILES string of the molecule is CCn1c(CC(=O)Nc2ccccc2Cl)nnc1SCC(=O)Nc1cc(Cl)ccc1C. The van der Waals surface area contributed by atoms with E-state index in [4.69, 9.17) is 23.2 Å². The van der Waals surface area contributed by atoms with Gasteiger partial charge < -0.3 is 15.2 Å². The molecule has 0 saturated carbocycles. The Bertz CT molecular complexity index is 1100. The van der Waals surface area contributed by atoms with Crippen LogP contribution in [0.2, 0.25) is 10.0 Å². The summed E-state index contributed by atoms with van der Waals surface area (Å²) in [4.78, 5) is 24.8. The van der Waals surface area contributed by atoms with Gasteiger partial charge in [-0.1, -0.05) is 53.2 Å². The lowest BCUT2D eigenvalue weighted by atomic mass is 10.2. The number of carbonyl (C=O) groups is 2. The molecule has 1 heterocycles. The molecule has 162 valence electrons. The first-order valence-corrected chi connectivity index (χ1v) is 11.3. The Kier molecular flexibility index (Phi) is 7.95. The zero-order chi connectivity index (χ0) is 22.4. The molecule has 7 nitrogen and oxygen atoms in total. The molecule has 0 aliphatic carbocycles. The first kappa shape index (κ1) is 23.1. The summed E-state index contributed by atoms with van der Waals surface area (Å²) in [5.41, 5.74) is 2.14. The van der Waals surface area contributed by atoms with Crippen LogP contribution < -0.4 is 10.6 Å². The molecule has 0 atom stereocenters. The molecule has 0 fully saturated rings. The molecule has 0 spiro atoms.